The van der Waals surface area contributed by atoms with Gasteiger partial charge in [0.2, 0.25) is 5.91 Å². The van der Waals surface area contributed by atoms with Crippen LogP contribution in [0.2, 0.25) is 0 Å². The number of ether oxygens (including phenoxy) is 1. The van der Waals surface area contributed by atoms with E-state index in [1.165, 1.54) is 0 Å². The second-order valence-corrected chi connectivity index (χ2v) is 4.69. The molecule has 5 heteroatoms. The van der Waals surface area contributed by atoms with Gasteiger partial charge >= 0.3 is 0 Å². The lowest BCUT2D eigenvalue weighted by atomic mass is 10.1. The molecule has 0 bridgehead atoms. The van der Waals surface area contributed by atoms with E-state index in [2.05, 4.69) is 10.6 Å². The van der Waals surface area contributed by atoms with Crippen molar-refractivity contribution in [1.82, 2.24) is 15.5 Å². The molecule has 0 aliphatic carbocycles. The molecule has 0 aromatic carbocycles. The molecule has 1 atom stereocenters. The lowest BCUT2D eigenvalue weighted by Gasteiger charge is -2.35. The van der Waals surface area contributed by atoms with Crippen molar-refractivity contribution in [2.24, 2.45) is 0 Å². The predicted octanol–water partition coefficient (Wildman–Crippen LogP) is -0.425. The highest BCUT2D eigenvalue weighted by atomic mass is 16.5. The Labute approximate surface area is 103 Å². The predicted molar refractivity (Wildman–Crippen MR) is 65.9 cm³/mol. The Morgan fingerprint density at radius 3 is 2.71 bits per heavy atom. The summed E-state index contributed by atoms with van der Waals surface area (Å²) in [5.41, 5.74) is 0. The number of piperazine rings is 1. The van der Waals surface area contributed by atoms with Crippen molar-refractivity contribution in [2.45, 2.75) is 31.9 Å². The van der Waals surface area contributed by atoms with Crippen LogP contribution in [0, 0.1) is 0 Å². The molecule has 2 aliphatic heterocycles. The molecule has 0 aromatic heterocycles. The van der Waals surface area contributed by atoms with Crippen molar-refractivity contribution < 1.29 is 9.53 Å². The number of nitrogens with one attached hydrogen (secondary N) is 2. The number of rotatable bonds is 3. The van der Waals surface area contributed by atoms with Gasteiger partial charge in [-0.2, -0.15) is 0 Å². The molecule has 1 unspecified atom stereocenters. The zero-order valence-corrected chi connectivity index (χ0v) is 10.6. The maximum Gasteiger partial charge on any atom is 0.241 e. The number of hydrogen-bond donors (Lipinski definition) is 2. The van der Waals surface area contributed by atoms with E-state index in [4.69, 9.17) is 4.74 Å². The van der Waals surface area contributed by atoms with Crippen LogP contribution in [-0.2, 0) is 9.53 Å². The van der Waals surface area contributed by atoms with Crippen LogP contribution in [0.3, 0.4) is 0 Å². The minimum absolute atomic E-state index is 0.0348. The lowest BCUT2D eigenvalue weighted by molar-refractivity contribution is -0.136. The summed E-state index contributed by atoms with van der Waals surface area (Å²) in [4.78, 5) is 14.2. The molecule has 2 saturated heterocycles. The maximum atomic E-state index is 12.2. The molecule has 0 spiro atoms. The minimum Gasteiger partial charge on any atom is -0.378 e. The summed E-state index contributed by atoms with van der Waals surface area (Å²) in [6.45, 7) is 7.05. The monoisotopic (exact) mass is 241 g/mol. The molecule has 2 N–H and O–H groups in total. The van der Waals surface area contributed by atoms with Gasteiger partial charge in [-0.05, 0) is 19.8 Å². The number of hydrogen-bond acceptors (Lipinski definition) is 4. The van der Waals surface area contributed by atoms with Gasteiger partial charge in [-0.1, -0.05) is 0 Å². The smallest absolute Gasteiger partial charge is 0.241 e. The molecule has 2 fully saturated rings. The zero-order valence-electron chi connectivity index (χ0n) is 10.6. The van der Waals surface area contributed by atoms with Crippen molar-refractivity contribution in [3.63, 3.8) is 0 Å². The van der Waals surface area contributed by atoms with E-state index < -0.39 is 0 Å². The van der Waals surface area contributed by atoms with Gasteiger partial charge in [-0.3, -0.25) is 4.79 Å². The summed E-state index contributed by atoms with van der Waals surface area (Å²) in [5.74, 6) is 0.243. The van der Waals surface area contributed by atoms with E-state index in [-0.39, 0.29) is 11.9 Å². The van der Waals surface area contributed by atoms with Crippen LogP contribution in [0.15, 0.2) is 0 Å². The molecule has 98 valence electrons. The molecule has 0 radical (unpaired) electrons. The molecule has 2 heterocycles. The first-order chi connectivity index (χ1) is 8.31. The van der Waals surface area contributed by atoms with Gasteiger partial charge < -0.3 is 20.3 Å². The molecular formula is C12H23N3O2. The van der Waals surface area contributed by atoms with Gasteiger partial charge in [0.15, 0.2) is 0 Å². The number of carbonyl (C=O) groups excluding carboxylic acids is 1. The summed E-state index contributed by atoms with van der Waals surface area (Å²) in [5, 5.41) is 6.52. The first-order valence-electron chi connectivity index (χ1n) is 6.65. The van der Waals surface area contributed by atoms with E-state index in [1.54, 1.807) is 0 Å². The third-order valence-corrected chi connectivity index (χ3v) is 3.50. The number of nitrogens with zero attached hydrogens (tertiary/aromatic N) is 1. The van der Waals surface area contributed by atoms with Crippen LogP contribution in [-0.4, -0.2) is 62.3 Å². The second kappa shape index (κ2) is 6.33. The normalized spacial score (nSPS) is 27.1. The number of amides is 1. The molecule has 17 heavy (non-hydrogen) atoms. The summed E-state index contributed by atoms with van der Waals surface area (Å²) in [6, 6.07) is -0.0348. The number of piperidine rings is 1. The fraction of sp³-hybridized carbons (Fsp3) is 0.917. The van der Waals surface area contributed by atoms with Crippen LogP contribution in [0.4, 0.5) is 0 Å². The standard InChI is InChI=1S/C12H23N3O2/c1-2-17-10-3-7-15(8-4-10)12(16)11-9-13-5-6-14-11/h10-11,13-14H,2-9H2,1H3. The molecule has 0 saturated carbocycles. The van der Waals surface area contributed by atoms with Crippen molar-refractivity contribution in [1.29, 1.82) is 0 Å². The average molecular weight is 241 g/mol. The van der Waals surface area contributed by atoms with Gasteiger partial charge in [-0.25, -0.2) is 0 Å². The van der Waals surface area contributed by atoms with Crippen LogP contribution in [0.5, 0.6) is 0 Å². The van der Waals surface area contributed by atoms with E-state index in [0.717, 1.165) is 52.2 Å². The van der Waals surface area contributed by atoms with Crippen molar-refractivity contribution >= 4 is 5.91 Å². The summed E-state index contributed by atoms with van der Waals surface area (Å²) in [6.07, 6.45) is 2.29. The molecule has 2 aliphatic rings. The highest BCUT2D eigenvalue weighted by Crippen LogP contribution is 2.14. The molecule has 1 amide bonds. The Kier molecular flexibility index (Phi) is 4.76. The number of carbonyl (C=O) groups is 1. The van der Waals surface area contributed by atoms with Crippen LogP contribution >= 0.6 is 0 Å². The highest BCUT2D eigenvalue weighted by Gasteiger charge is 2.28. The SMILES string of the molecule is CCOC1CCN(C(=O)C2CNCCN2)CC1. The van der Waals surface area contributed by atoms with Crippen LogP contribution in [0.1, 0.15) is 19.8 Å². The summed E-state index contributed by atoms with van der Waals surface area (Å²) >= 11 is 0. The zero-order chi connectivity index (χ0) is 12.1. The van der Waals surface area contributed by atoms with Gasteiger partial charge in [0.05, 0.1) is 12.1 Å². The van der Waals surface area contributed by atoms with Crippen molar-refractivity contribution in [3.05, 3.63) is 0 Å². The fourth-order valence-electron chi connectivity index (χ4n) is 2.53. The second-order valence-electron chi connectivity index (χ2n) is 4.69. The molecule has 5 nitrogen and oxygen atoms in total. The first-order valence-corrected chi connectivity index (χ1v) is 6.65. The summed E-state index contributed by atoms with van der Waals surface area (Å²) in [7, 11) is 0. The van der Waals surface area contributed by atoms with Crippen LogP contribution < -0.4 is 10.6 Å². The van der Waals surface area contributed by atoms with Gasteiger partial charge in [0, 0.05) is 39.3 Å². The van der Waals surface area contributed by atoms with Gasteiger partial charge in [-0.15, -0.1) is 0 Å². The van der Waals surface area contributed by atoms with Crippen molar-refractivity contribution in [3.8, 4) is 0 Å². The maximum absolute atomic E-state index is 12.2. The fourth-order valence-corrected chi connectivity index (χ4v) is 2.53. The van der Waals surface area contributed by atoms with E-state index in [1.807, 2.05) is 11.8 Å². The molecular weight excluding hydrogens is 218 g/mol. The average Bonchev–Trinajstić information content (AvgIpc) is 2.40. The highest BCUT2D eigenvalue weighted by molar-refractivity contribution is 5.82. The quantitative estimate of drug-likeness (QED) is 0.704. The van der Waals surface area contributed by atoms with E-state index in [0.29, 0.717) is 6.10 Å². The number of likely N-dealkylation sites (tertiary alicyclic amines) is 1. The van der Waals surface area contributed by atoms with Crippen LogP contribution in [0.25, 0.3) is 0 Å². The van der Waals surface area contributed by atoms with Crippen molar-refractivity contribution in [2.75, 3.05) is 39.3 Å². The topological polar surface area (TPSA) is 53.6 Å². The Bertz CT molecular complexity index is 246. The van der Waals surface area contributed by atoms with E-state index in [9.17, 15) is 4.79 Å². The summed E-state index contributed by atoms with van der Waals surface area (Å²) < 4.78 is 5.59. The van der Waals surface area contributed by atoms with E-state index >= 15 is 0 Å². The molecule has 2 rings (SSSR count). The Balaban J connectivity index is 1.77. The third-order valence-electron chi connectivity index (χ3n) is 3.50. The Morgan fingerprint density at radius 2 is 2.12 bits per heavy atom. The van der Waals surface area contributed by atoms with Gasteiger partial charge in [0.25, 0.3) is 0 Å². The Hall–Kier alpha value is -0.650. The molecule has 0 aromatic rings. The minimum atomic E-state index is -0.0348. The lowest BCUT2D eigenvalue weighted by Crippen LogP contribution is -2.57. The largest absolute Gasteiger partial charge is 0.378 e. The third kappa shape index (κ3) is 3.40. The first kappa shape index (κ1) is 12.8. The Morgan fingerprint density at radius 1 is 1.35 bits per heavy atom. The van der Waals surface area contributed by atoms with Gasteiger partial charge in [0.1, 0.15) is 0 Å².